The number of benzene rings is 2. The largest absolute Gasteiger partial charge is 0.519 e. The van der Waals surface area contributed by atoms with E-state index in [4.69, 9.17) is 23.3 Å². The van der Waals surface area contributed by atoms with Crippen molar-refractivity contribution in [3.8, 4) is 11.1 Å². The Balaban J connectivity index is 1.48. The first-order valence-electron chi connectivity index (χ1n) is 13.8. The average molecular weight is 577 g/mol. The number of methoxy groups -OCH3 is 1. The highest BCUT2D eigenvalue weighted by atomic mass is 16.6. The molecule has 0 saturated carbocycles. The molecule has 1 fully saturated rings. The number of nitrogens with one attached hydrogen (secondary N) is 4. The van der Waals surface area contributed by atoms with Gasteiger partial charge in [-0.05, 0) is 49.4 Å². The van der Waals surface area contributed by atoms with Crippen molar-refractivity contribution in [1.29, 1.82) is 0 Å². The molecule has 0 atom stereocenters. The minimum Gasteiger partial charge on any atom is -0.453 e. The summed E-state index contributed by atoms with van der Waals surface area (Å²) in [5, 5.41) is 0. The van der Waals surface area contributed by atoms with Gasteiger partial charge in [0.15, 0.2) is 23.8 Å². The zero-order chi connectivity index (χ0) is 29.9. The van der Waals surface area contributed by atoms with E-state index in [1.807, 2.05) is 42.7 Å². The van der Waals surface area contributed by atoms with Crippen molar-refractivity contribution in [1.82, 2.24) is 31.5 Å². The monoisotopic (exact) mass is 576 g/mol. The Morgan fingerprint density at radius 3 is 2.43 bits per heavy atom. The smallest absolute Gasteiger partial charge is 0.453 e. The number of aryl methyl sites for hydroxylation is 2. The number of hydrogen-bond donors (Lipinski definition) is 4. The molecule has 222 valence electrons. The predicted molar refractivity (Wildman–Crippen MR) is 154 cm³/mol. The number of carbonyl (C=O) groups excluding carboxylic acids is 1. The van der Waals surface area contributed by atoms with Crippen molar-refractivity contribution in [2.24, 2.45) is 0 Å². The number of ether oxygens (including phenoxy) is 2. The fraction of sp³-hybridized carbons (Fsp3) is 0.367. The van der Waals surface area contributed by atoms with Gasteiger partial charge in [-0.25, -0.2) is 25.4 Å². The maximum Gasteiger partial charge on any atom is 0.519 e. The van der Waals surface area contributed by atoms with Gasteiger partial charge in [-0.1, -0.05) is 55.5 Å². The first kappa shape index (κ1) is 29.4. The Kier molecular flexibility index (Phi) is 8.71. The molecule has 12 nitrogen and oxygen atoms in total. The van der Waals surface area contributed by atoms with E-state index in [0.717, 1.165) is 34.5 Å². The fourth-order valence-corrected chi connectivity index (χ4v) is 4.91. The van der Waals surface area contributed by atoms with Crippen LogP contribution in [0.3, 0.4) is 0 Å². The molecular formula is C30H36N6O6. The maximum atomic E-state index is 13.6. The van der Waals surface area contributed by atoms with E-state index in [1.54, 1.807) is 14.0 Å². The third-order valence-electron chi connectivity index (χ3n) is 7.34. The van der Waals surface area contributed by atoms with E-state index >= 15 is 0 Å². The van der Waals surface area contributed by atoms with Crippen LogP contribution in [0.15, 0.2) is 62.2 Å². The molecule has 3 heterocycles. The topological polar surface area (TPSA) is 145 Å². The number of carbonyl (C=O) groups is 1. The summed E-state index contributed by atoms with van der Waals surface area (Å²) < 4.78 is 23.2. The lowest BCUT2D eigenvalue weighted by Crippen LogP contribution is -2.33. The van der Waals surface area contributed by atoms with Gasteiger partial charge in [0.1, 0.15) is 23.3 Å². The van der Waals surface area contributed by atoms with Crippen molar-refractivity contribution in [3.05, 3.63) is 99.0 Å². The molecule has 2 aromatic carbocycles. The quantitative estimate of drug-likeness (QED) is 0.194. The molecule has 1 aliphatic rings. The molecule has 5 rings (SSSR count). The zero-order valence-electron chi connectivity index (χ0n) is 24.4. The van der Waals surface area contributed by atoms with E-state index in [-0.39, 0.29) is 24.3 Å². The van der Waals surface area contributed by atoms with Gasteiger partial charge in [-0.15, -0.1) is 0 Å². The number of aromatic nitrogens is 2. The summed E-state index contributed by atoms with van der Waals surface area (Å²) in [5.74, 6) is -0.267. The molecule has 0 unspecified atom stereocenters. The van der Waals surface area contributed by atoms with Gasteiger partial charge >= 0.3 is 11.8 Å². The Labute approximate surface area is 243 Å². The first-order valence-corrected chi connectivity index (χ1v) is 13.8. The van der Waals surface area contributed by atoms with E-state index < -0.39 is 17.4 Å². The molecule has 42 heavy (non-hydrogen) atoms. The maximum absolute atomic E-state index is 13.6. The molecule has 4 N–H and O–H groups in total. The van der Waals surface area contributed by atoms with Crippen LogP contribution in [-0.4, -0.2) is 22.6 Å². The lowest BCUT2D eigenvalue weighted by atomic mass is 9.97. The molecular weight excluding hydrogens is 540 g/mol. The van der Waals surface area contributed by atoms with Crippen molar-refractivity contribution in [2.75, 3.05) is 7.11 Å². The van der Waals surface area contributed by atoms with Gasteiger partial charge in [0.2, 0.25) is 0 Å². The third-order valence-corrected chi connectivity index (χ3v) is 7.34. The first-order chi connectivity index (χ1) is 20.2. The van der Waals surface area contributed by atoms with Gasteiger partial charge in [-0.2, -0.15) is 11.1 Å². The molecule has 12 heteroatoms. The Bertz CT molecular complexity index is 1600. The Morgan fingerprint density at radius 1 is 1.07 bits per heavy atom. The molecule has 0 radical (unpaired) electrons. The number of rotatable bonds is 11. The lowest BCUT2D eigenvalue weighted by Gasteiger charge is -2.22. The normalized spacial score (nSPS) is 14.0. The number of imidazole rings is 1. The second kappa shape index (κ2) is 12.4. The van der Waals surface area contributed by atoms with Crippen molar-refractivity contribution >= 4 is 5.97 Å². The second-order valence-electron chi connectivity index (χ2n) is 10.5. The SMILES string of the molecule is CCCc1nc(C(C)(C)OC)c(C(=O)OCc2oc(=O)oc2C)n1Cc1ccc(-c2ccccc2C2NNNN2)cc1. The number of esters is 1. The highest BCUT2D eigenvalue weighted by Gasteiger charge is 2.34. The Morgan fingerprint density at radius 2 is 1.79 bits per heavy atom. The lowest BCUT2D eigenvalue weighted by molar-refractivity contribution is 0.0124. The molecule has 1 saturated heterocycles. The van der Waals surface area contributed by atoms with Crippen molar-refractivity contribution < 1.29 is 23.1 Å². The van der Waals surface area contributed by atoms with E-state index in [1.165, 1.54) is 0 Å². The minimum absolute atomic E-state index is 0.0987. The van der Waals surface area contributed by atoms with Gasteiger partial charge in [0, 0.05) is 20.1 Å². The van der Waals surface area contributed by atoms with E-state index in [0.29, 0.717) is 24.4 Å². The van der Waals surface area contributed by atoms with Gasteiger partial charge in [0.25, 0.3) is 0 Å². The van der Waals surface area contributed by atoms with Crippen LogP contribution in [-0.2, 0) is 34.6 Å². The summed E-state index contributed by atoms with van der Waals surface area (Å²) in [5.41, 5.74) is 16.1. The number of hydrazine groups is 3. The van der Waals surface area contributed by atoms with Crippen LogP contribution in [0.4, 0.5) is 0 Å². The van der Waals surface area contributed by atoms with Crippen LogP contribution >= 0.6 is 0 Å². The fourth-order valence-electron chi connectivity index (χ4n) is 4.91. The number of nitrogens with zero attached hydrogens (tertiary/aromatic N) is 2. The number of hydrogen-bond acceptors (Lipinski definition) is 11. The average Bonchev–Trinajstić information content (AvgIpc) is 3.72. The summed E-state index contributed by atoms with van der Waals surface area (Å²) >= 11 is 0. The highest BCUT2D eigenvalue weighted by Crippen LogP contribution is 2.31. The van der Waals surface area contributed by atoms with Crippen molar-refractivity contribution in [3.63, 3.8) is 0 Å². The zero-order valence-corrected chi connectivity index (χ0v) is 24.4. The summed E-state index contributed by atoms with van der Waals surface area (Å²) in [6.45, 7) is 7.50. The van der Waals surface area contributed by atoms with Crippen LogP contribution in [0.25, 0.3) is 11.1 Å². The van der Waals surface area contributed by atoms with E-state index in [2.05, 4.69) is 53.1 Å². The third kappa shape index (κ3) is 6.08. The van der Waals surface area contributed by atoms with E-state index in [9.17, 15) is 9.59 Å². The standard InChI is InChI=1S/C30H36N6O6/c1-6-9-24-31-26(30(3,4)39-5)25(28(37)40-17-23-18(2)41-29(38)42-23)36(24)16-19-12-14-20(15-13-19)21-10-7-8-11-22(21)27-32-34-35-33-27/h7-8,10-15,27,32-35H,6,9,16-17H2,1-5H3. The van der Waals surface area contributed by atoms with Crippen LogP contribution in [0.5, 0.6) is 0 Å². The second-order valence-corrected chi connectivity index (χ2v) is 10.5. The highest BCUT2D eigenvalue weighted by molar-refractivity contribution is 5.89. The predicted octanol–water partition coefficient (Wildman–Crippen LogP) is 3.76. The molecule has 1 aliphatic heterocycles. The molecule has 4 aromatic rings. The molecule has 0 amide bonds. The van der Waals surface area contributed by atoms with Gasteiger partial charge in [-0.3, -0.25) is 0 Å². The molecule has 0 spiro atoms. The Hall–Kier alpha value is -4.07. The van der Waals surface area contributed by atoms with Crippen LogP contribution in [0, 0.1) is 6.92 Å². The van der Waals surface area contributed by atoms with Crippen LogP contribution in [0.1, 0.15) is 78.0 Å². The molecule has 2 aromatic heterocycles. The minimum atomic E-state index is -0.861. The van der Waals surface area contributed by atoms with Gasteiger partial charge < -0.3 is 22.9 Å². The van der Waals surface area contributed by atoms with Crippen LogP contribution < -0.4 is 27.7 Å². The van der Waals surface area contributed by atoms with Gasteiger partial charge in [0.05, 0.1) is 0 Å². The van der Waals surface area contributed by atoms with Crippen LogP contribution in [0.2, 0.25) is 0 Å². The molecule has 0 aliphatic carbocycles. The summed E-state index contributed by atoms with van der Waals surface area (Å²) in [6.07, 6.45) is 1.39. The summed E-state index contributed by atoms with van der Waals surface area (Å²) in [6, 6.07) is 16.4. The molecule has 0 bridgehead atoms. The summed E-state index contributed by atoms with van der Waals surface area (Å²) in [7, 11) is 1.58. The summed E-state index contributed by atoms with van der Waals surface area (Å²) in [4.78, 5) is 30.0. The van der Waals surface area contributed by atoms with Crippen molar-refractivity contribution in [2.45, 2.75) is 65.5 Å².